The van der Waals surface area contributed by atoms with Crippen molar-refractivity contribution in [3.63, 3.8) is 0 Å². The predicted octanol–water partition coefficient (Wildman–Crippen LogP) is 4.24. The van der Waals surface area contributed by atoms with Crippen LogP contribution < -0.4 is 5.32 Å². The molecule has 1 N–H and O–H groups in total. The van der Waals surface area contributed by atoms with Crippen LogP contribution in [0.4, 0.5) is 0 Å². The van der Waals surface area contributed by atoms with E-state index in [1.165, 1.54) is 15.3 Å². The number of furan rings is 1. The van der Waals surface area contributed by atoms with Crippen LogP contribution in [0.1, 0.15) is 40.5 Å². The lowest BCUT2D eigenvalue weighted by Crippen LogP contribution is -2.23. The molecule has 0 fully saturated rings. The Bertz CT molecular complexity index is 453. The number of aryl methyl sites for hydroxylation is 2. The van der Waals surface area contributed by atoms with Crippen LogP contribution in [0.3, 0.4) is 0 Å². The zero-order valence-electron chi connectivity index (χ0n) is 11.3. The van der Waals surface area contributed by atoms with Gasteiger partial charge in [-0.25, -0.2) is 0 Å². The average Bonchev–Trinajstić information content (AvgIpc) is 2.96. The second-order valence-corrected chi connectivity index (χ2v) is 5.97. The van der Waals surface area contributed by atoms with Gasteiger partial charge in [0.1, 0.15) is 5.76 Å². The van der Waals surface area contributed by atoms with Crippen molar-refractivity contribution in [3.8, 4) is 0 Å². The number of thiophene rings is 1. The molecule has 98 valence electrons. The Kier molecular flexibility index (Phi) is 4.61. The highest BCUT2D eigenvalue weighted by Gasteiger charge is 2.16. The topological polar surface area (TPSA) is 25.2 Å². The molecule has 0 radical (unpaired) electrons. The van der Waals surface area contributed by atoms with E-state index in [4.69, 9.17) is 4.42 Å². The lowest BCUT2D eigenvalue weighted by molar-refractivity contribution is 0.452. The summed E-state index contributed by atoms with van der Waals surface area (Å²) in [4.78, 5) is 2.82. The first-order valence-corrected chi connectivity index (χ1v) is 7.35. The van der Waals surface area contributed by atoms with Crippen LogP contribution in [0.5, 0.6) is 0 Å². The Balaban J connectivity index is 2.13. The van der Waals surface area contributed by atoms with Crippen molar-refractivity contribution in [2.24, 2.45) is 0 Å². The third-order valence-corrected chi connectivity index (χ3v) is 4.42. The molecule has 0 saturated carbocycles. The van der Waals surface area contributed by atoms with Crippen LogP contribution in [-0.2, 0) is 6.42 Å². The first-order chi connectivity index (χ1) is 8.70. The molecule has 2 aromatic rings. The second-order valence-electron chi connectivity index (χ2n) is 4.68. The average molecular weight is 263 g/mol. The zero-order valence-corrected chi connectivity index (χ0v) is 12.1. The SMILES string of the molecule is CCCNC(Cc1ccco1)c1cc(C)c(C)s1. The molecule has 2 rings (SSSR count). The maximum absolute atomic E-state index is 5.47. The Morgan fingerprint density at radius 1 is 1.39 bits per heavy atom. The molecule has 0 aliphatic heterocycles. The van der Waals surface area contributed by atoms with Gasteiger partial charge in [-0.05, 0) is 50.6 Å². The van der Waals surface area contributed by atoms with Gasteiger partial charge in [0.2, 0.25) is 0 Å². The normalized spacial score (nSPS) is 12.8. The van der Waals surface area contributed by atoms with Crippen molar-refractivity contribution in [1.29, 1.82) is 0 Å². The molecule has 0 aromatic carbocycles. The van der Waals surface area contributed by atoms with Crippen molar-refractivity contribution >= 4 is 11.3 Å². The maximum Gasteiger partial charge on any atom is 0.105 e. The van der Waals surface area contributed by atoms with Crippen LogP contribution >= 0.6 is 11.3 Å². The van der Waals surface area contributed by atoms with Gasteiger partial charge in [-0.1, -0.05) is 6.92 Å². The molecule has 1 unspecified atom stereocenters. The largest absolute Gasteiger partial charge is 0.469 e. The summed E-state index contributed by atoms with van der Waals surface area (Å²) < 4.78 is 5.47. The molecule has 2 nitrogen and oxygen atoms in total. The molecule has 1 atom stereocenters. The first-order valence-electron chi connectivity index (χ1n) is 6.53. The Morgan fingerprint density at radius 3 is 2.78 bits per heavy atom. The van der Waals surface area contributed by atoms with Crippen LogP contribution in [-0.4, -0.2) is 6.54 Å². The number of hydrogen-bond donors (Lipinski definition) is 1. The lowest BCUT2D eigenvalue weighted by atomic mass is 10.1. The van der Waals surface area contributed by atoms with Gasteiger partial charge in [-0.3, -0.25) is 0 Å². The summed E-state index contributed by atoms with van der Waals surface area (Å²) in [5, 5.41) is 3.61. The highest BCUT2D eigenvalue weighted by Crippen LogP contribution is 2.28. The molecule has 0 aliphatic carbocycles. The molecule has 3 heteroatoms. The van der Waals surface area contributed by atoms with Gasteiger partial charge in [0.05, 0.1) is 6.26 Å². The minimum atomic E-state index is 0.369. The van der Waals surface area contributed by atoms with Crippen molar-refractivity contribution in [2.75, 3.05) is 6.54 Å². The predicted molar refractivity (Wildman–Crippen MR) is 77.2 cm³/mol. The Morgan fingerprint density at radius 2 is 2.22 bits per heavy atom. The maximum atomic E-state index is 5.47. The summed E-state index contributed by atoms with van der Waals surface area (Å²) in [5.41, 5.74) is 1.39. The molecular weight excluding hydrogens is 242 g/mol. The summed E-state index contributed by atoms with van der Waals surface area (Å²) in [7, 11) is 0. The van der Waals surface area contributed by atoms with Gasteiger partial charge in [-0.2, -0.15) is 0 Å². The van der Waals surface area contributed by atoms with E-state index in [0.717, 1.165) is 25.1 Å². The van der Waals surface area contributed by atoms with Crippen LogP contribution in [0, 0.1) is 13.8 Å². The molecule has 2 aromatic heterocycles. The van der Waals surface area contributed by atoms with Gasteiger partial charge < -0.3 is 9.73 Å². The minimum Gasteiger partial charge on any atom is -0.469 e. The van der Waals surface area contributed by atoms with E-state index < -0.39 is 0 Å². The minimum absolute atomic E-state index is 0.369. The summed E-state index contributed by atoms with van der Waals surface area (Å²) in [5.74, 6) is 1.05. The summed E-state index contributed by atoms with van der Waals surface area (Å²) in [6.07, 6.45) is 3.82. The summed E-state index contributed by atoms with van der Waals surface area (Å²) in [6, 6.07) is 6.68. The fraction of sp³-hybridized carbons (Fsp3) is 0.467. The van der Waals surface area contributed by atoms with E-state index in [1.807, 2.05) is 23.5 Å². The van der Waals surface area contributed by atoms with Crippen molar-refractivity contribution in [1.82, 2.24) is 5.32 Å². The standard InChI is InChI=1S/C15H21NOS/c1-4-7-16-14(10-13-6-5-8-17-13)15-9-11(2)12(3)18-15/h5-6,8-9,14,16H,4,7,10H2,1-3H3. The van der Waals surface area contributed by atoms with Crippen LogP contribution in [0.15, 0.2) is 28.9 Å². The van der Waals surface area contributed by atoms with E-state index in [-0.39, 0.29) is 0 Å². The number of nitrogens with one attached hydrogen (secondary N) is 1. The third kappa shape index (κ3) is 3.24. The lowest BCUT2D eigenvalue weighted by Gasteiger charge is -2.15. The molecule has 0 aliphatic rings. The Hall–Kier alpha value is -1.06. The van der Waals surface area contributed by atoms with Gasteiger partial charge in [0, 0.05) is 22.2 Å². The van der Waals surface area contributed by atoms with Crippen molar-refractivity contribution < 1.29 is 4.42 Å². The van der Waals surface area contributed by atoms with Gasteiger partial charge >= 0.3 is 0 Å². The Labute approximate surface area is 113 Å². The van der Waals surface area contributed by atoms with E-state index in [9.17, 15) is 0 Å². The van der Waals surface area contributed by atoms with Crippen LogP contribution in [0.25, 0.3) is 0 Å². The fourth-order valence-corrected chi connectivity index (χ4v) is 3.11. The molecular formula is C15H21NOS. The zero-order chi connectivity index (χ0) is 13.0. The van der Waals surface area contributed by atoms with Crippen molar-refractivity contribution in [2.45, 2.75) is 39.7 Å². The third-order valence-electron chi connectivity index (χ3n) is 3.15. The smallest absolute Gasteiger partial charge is 0.105 e. The van der Waals surface area contributed by atoms with E-state index >= 15 is 0 Å². The van der Waals surface area contributed by atoms with E-state index in [2.05, 4.69) is 32.2 Å². The second kappa shape index (κ2) is 6.21. The van der Waals surface area contributed by atoms with E-state index in [1.54, 1.807) is 6.26 Å². The highest BCUT2D eigenvalue weighted by atomic mass is 32.1. The molecule has 18 heavy (non-hydrogen) atoms. The number of rotatable bonds is 6. The number of hydrogen-bond acceptors (Lipinski definition) is 3. The van der Waals surface area contributed by atoms with E-state index in [0.29, 0.717) is 6.04 Å². The van der Waals surface area contributed by atoms with Gasteiger partial charge in [0.25, 0.3) is 0 Å². The fourth-order valence-electron chi connectivity index (χ4n) is 2.00. The molecule has 0 amide bonds. The first kappa shape index (κ1) is 13.4. The van der Waals surface area contributed by atoms with Gasteiger partial charge in [-0.15, -0.1) is 11.3 Å². The molecule has 0 spiro atoms. The monoisotopic (exact) mass is 263 g/mol. The van der Waals surface area contributed by atoms with Gasteiger partial charge in [0.15, 0.2) is 0 Å². The summed E-state index contributed by atoms with van der Waals surface area (Å²) in [6.45, 7) is 7.61. The molecule has 2 heterocycles. The molecule has 0 saturated heterocycles. The van der Waals surface area contributed by atoms with Crippen molar-refractivity contribution in [3.05, 3.63) is 45.5 Å². The highest BCUT2D eigenvalue weighted by molar-refractivity contribution is 7.12. The van der Waals surface area contributed by atoms with Crippen LogP contribution in [0.2, 0.25) is 0 Å². The molecule has 0 bridgehead atoms. The quantitative estimate of drug-likeness (QED) is 0.843. The summed E-state index contributed by atoms with van der Waals surface area (Å²) >= 11 is 1.89.